The van der Waals surface area contributed by atoms with Gasteiger partial charge in [-0.2, -0.15) is 8.78 Å². The van der Waals surface area contributed by atoms with Crippen LogP contribution < -0.4 is 4.74 Å². The van der Waals surface area contributed by atoms with E-state index in [9.17, 15) is 8.78 Å². The summed E-state index contributed by atoms with van der Waals surface area (Å²) < 4.78 is 30.4. The van der Waals surface area contributed by atoms with E-state index in [1.54, 1.807) is 0 Å². The lowest BCUT2D eigenvalue weighted by Gasteiger charge is -2.05. The van der Waals surface area contributed by atoms with Gasteiger partial charge in [-0.05, 0) is 12.1 Å². The van der Waals surface area contributed by atoms with Gasteiger partial charge in [-0.3, -0.25) is 0 Å². The van der Waals surface area contributed by atoms with Crippen LogP contribution in [0, 0.1) is 11.6 Å². The fourth-order valence-electron chi connectivity index (χ4n) is 0.782. The second-order valence-corrected chi connectivity index (χ2v) is 2.31. The smallest absolute Gasteiger partial charge is 0.204 e. The van der Waals surface area contributed by atoms with Gasteiger partial charge >= 0.3 is 0 Å². The molecule has 0 spiro atoms. The molecule has 2 nitrogen and oxygen atoms in total. The van der Waals surface area contributed by atoms with E-state index in [1.165, 1.54) is 6.08 Å². The molecular weight excluding hydrogens is 178 g/mol. The van der Waals surface area contributed by atoms with Crippen molar-refractivity contribution in [2.75, 3.05) is 6.61 Å². The molecule has 0 amide bonds. The van der Waals surface area contributed by atoms with Crippen molar-refractivity contribution >= 4 is 0 Å². The second kappa shape index (κ2) is 3.89. The molecule has 1 aromatic carbocycles. The van der Waals surface area contributed by atoms with Crippen molar-refractivity contribution in [1.82, 2.24) is 0 Å². The van der Waals surface area contributed by atoms with E-state index in [4.69, 9.17) is 9.84 Å². The van der Waals surface area contributed by atoms with E-state index >= 15 is 0 Å². The lowest BCUT2D eigenvalue weighted by atomic mass is 10.3. The molecule has 0 atom stereocenters. The molecule has 0 fully saturated rings. The normalized spacial score (nSPS) is 9.69. The van der Waals surface area contributed by atoms with Gasteiger partial charge in [0, 0.05) is 0 Å². The van der Waals surface area contributed by atoms with Gasteiger partial charge in [-0.25, -0.2) is 0 Å². The van der Waals surface area contributed by atoms with Crippen LogP contribution in [0.25, 0.3) is 0 Å². The zero-order valence-electron chi connectivity index (χ0n) is 6.76. The Morgan fingerprint density at radius 1 is 1.38 bits per heavy atom. The number of hydrogen-bond acceptors (Lipinski definition) is 2. The third-order valence-electron chi connectivity index (χ3n) is 1.38. The van der Waals surface area contributed by atoms with Crippen LogP contribution in [-0.4, -0.2) is 11.7 Å². The number of ether oxygens (including phenoxy) is 1. The first-order valence-electron chi connectivity index (χ1n) is 3.57. The van der Waals surface area contributed by atoms with E-state index in [0.29, 0.717) is 0 Å². The van der Waals surface area contributed by atoms with Crippen LogP contribution in [-0.2, 0) is 0 Å². The Labute approximate surface area is 74.1 Å². The van der Waals surface area contributed by atoms with Gasteiger partial charge in [0.1, 0.15) is 6.61 Å². The minimum atomic E-state index is -1.30. The van der Waals surface area contributed by atoms with Crippen molar-refractivity contribution in [3.63, 3.8) is 0 Å². The summed E-state index contributed by atoms with van der Waals surface area (Å²) >= 11 is 0. The highest BCUT2D eigenvalue weighted by molar-refractivity contribution is 5.34. The summed E-state index contributed by atoms with van der Waals surface area (Å²) in [7, 11) is 0. The Morgan fingerprint density at radius 3 is 2.69 bits per heavy atom. The molecule has 0 aliphatic carbocycles. The van der Waals surface area contributed by atoms with Gasteiger partial charge in [-0.1, -0.05) is 12.7 Å². The first-order valence-corrected chi connectivity index (χ1v) is 3.57. The van der Waals surface area contributed by atoms with Crippen LogP contribution in [0.5, 0.6) is 11.5 Å². The summed E-state index contributed by atoms with van der Waals surface area (Å²) in [6.07, 6.45) is 1.41. The van der Waals surface area contributed by atoms with Gasteiger partial charge in [0.25, 0.3) is 0 Å². The maximum atomic E-state index is 12.9. The standard InChI is InChI=1S/C9H8F2O2/c1-2-5-13-7-4-3-6(12)8(10)9(7)11/h2-4,12H,1,5H2. The Balaban J connectivity index is 2.96. The molecule has 0 heterocycles. The first-order chi connectivity index (χ1) is 6.16. The van der Waals surface area contributed by atoms with Crippen LogP contribution in [0.15, 0.2) is 24.8 Å². The first kappa shape index (κ1) is 9.51. The Bertz CT molecular complexity index is 324. The molecule has 0 aliphatic rings. The van der Waals surface area contributed by atoms with Crippen molar-refractivity contribution < 1.29 is 18.6 Å². The molecule has 1 N–H and O–H groups in total. The second-order valence-electron chi connectivity index (χ2n) is 2.31. The summed E-state index contributed by atoms with van der Waals surface area (Å²) in [6.45, 7) is 3.44. The number of aromatic hydroxyl groups is 1. The van der Waals surface area contributed by atoms with Crippen LogP contribution in [0.3, 0.4) is 0 Å². The van der Waals surface area contributed by atoms with Crippen molar-refractivity contribution in [2.24, 2.45) is 0 Å². The van der Waals surface area contributed by atoms with Crippen LogP contribution in [0.1, 0.15) is 0 Å². The van der Waals surface area contributed by atoms with Crippen molar-refractivity contribution in [1.29, 1.82) is 0 Å². The molecule has 0 radical (unpaired) electrons. The largest absolute Gasteiger partial charge is 0.505 e. The van der Waals surface area contributed by atoms with Crippen molar-refractivity contribution in [2.45, 2.75) is 0 Å². The van der Waals surface area contributed by atoms with Crippen LogP contribution in [0.2, 0.25) is 0 Å². The zero-order valence-corrected chi connectivity index (χ0v) is 6.76. The van der Waals surface area contributed by atoms with E-state index in [1.807, 2.05) is 0 Å². The van der Waals surface area contributed by atoms with E-state index < -0.39 is 17.4 Å². The summed E-state index contributed by atoms with van der Waals surface area (Å²) in [5, 5.41) is 8.76. The van der Waals surface area contributed by atoms with E-state index in [2.05, 4.69) is 6.58 Å². The molecular formula is C9H8F2O2. The number of rotatable bonds is 3. The Hall–Kier alpha value is -1.58. The van der Waals surface area contributed by atoms with Gasteiger partial charge in [0.05, 0.1) is 0 Å². The number of benzene rings is 1. The minimum absolute atomic E-state index is 0.0845. The lowest BCUT2D eigenvalue weighted by Crippen LogP contribution is -1.97. The molecule has 0 aliphatic heterocycles. The summed E-state index contributed by atoms with van der Waals surface area (Å²) in [4.78, 5) is 0. The average Bonchev–Trinajstić information content (AvgIpc) is 2.13. The average molecular weight is 186 g/mol. The molecule has 13 heavy (non-hydrogen) atoms. The molecule has 1 aromatic rings. The summed E-state index contributed by atoms with van der Waals surface area (Å²) in [6, 6.07) is 2.17. The van der Waals surface area contributed by atoms with E-state index in [-0.39, 0.29) is 12.4 Å². The van der Waals surface area contributed by atoms with Crippen LogP contribution in [0.4, 0.5) is 8.78 Å². The predicted octanol–water partition coefficient (Wildman–Crippen LogP) is 2.24. The topological polar surface area (TPSA) is 29.5 Å². The number of hydrogen-bond donors (Lipinski definition) is 1. The molecule has 0 saturated heterocycles. The summed E-state index contributed by atoms with van der Waals surface area (Å²) in [5.74, 6) is -3.47. The number of phenolic OH excluding ortho intramolecular Hbond substituents is 1. The fraction of sp³-hybridized carbons (Fsp3) is 0.111. The zero-order chi connectivity index (χ0) is 9.84. The third-order valence-corrected chi connectivity index (χ3v) is 1.38. The fourth-order valence-corrected chi connectivity index (χ4v) is 0.782. The highest BCUT2D eigenvalue weighted by Crippen LogP contribution is 2.26. The maximum Gasteiger partial charge on any atom is 0.204 e. The lowest BCUT2D eigenvalue weighted by molar-refractivity contribution is 0.325. The quantitative estimate of drug-likeness (QED) is 0.733. The van der Waals surface area contributed by atoms with Crippen molar-refractivity contribution in [3.8, 4) is 11.5 Å². The Kier molecular flexibility index (Phi) is 2.84. The van der Waals surface area contributed by atoms with Crippen molar-refractivity contribution in [3.05, 3.63) is 36.4 Å². The molecule has 4 heteroatoms. The van der Waals surface area contributed by atoms with Gasteiger partial charge < -0.3 is 9.84 Å². The van der Waals surface area contributed by atoms with Gasteiger partial charge in [0.2, 0.25) is 11.6 Å². The number of halogens is 2. The molecule has 0 unspecified atom stereocenters. The van der Waals surface area contributed by atoms with Gasteiger partial charge in [0.15, 0.2) is 11.5 Å². The molecule has 1 rings (SSSR count). The molecule has 70 valence electrons. The maximum absolute atomic E-state index is 12.9. The van der Waals surface area contributed by atoms with Gasteiger partial charge in [-0.15, -0.1) is 0 Å². The SMILES string of the molecule is C=CCOc1ccc(O)c(F)c1F. The highest BCUT2D eigenvalue weighted by Gasteiger charge is 2.12. The predicted molar refractivity (Wildman–Crippen MR) is 43.7 cm³/mol. The third kappa shape index (κ3) is 1.96. The minimum Gasteiger partial charge on any atom is -0.505 e. The highest BCUT2D eigenvalue weighted by atomic mass is 19.2. The molecule has 0 saturated carbocycles. The van der Waals surface area contributed by atoms with E-state index in [0.717, 1.165) is 12.1 Å². The molecule has 0 bridgehead atoms. The molecule has 0 aromatic heterocycles. The monoisotopic (exact) mass is 186 g/mol. The number of phenols is 1. The van der Waals surface area contributed by atoms with Crippen LogP contribution >= 0.6 is 0 Å². The Morgan fingerprint density at radius 2 is 2.08 bits per heavy atom. The summed E-state index contributed by atoms with van der Waals surface area (Å²) in [5.41, 5.74) is 0.